The van der Waals surface area contributed by atoms with Gasteiger partial charge in [-0.3, -0.25) is 15.2 Å². The number of nitrogens with two attached hydrogens (primary N) is 1. The summed E-state index contributed by atoms with van der Waals surface area (Å²) in [6, 6.07) is 22.6. The van der Waals surface area contributed by atoms with Crippen LogP contribution in [0.4, 0.5) is 11.4 Å². The number of anilines is 2. The number of pyridine rings is 2. The molecule has 0 aliphatic rings. The van der Waals surface area contributed by atoms with Crippen LogP contribution < -0.4 is 16.6 Å². The number of carbonyl (C=O) groups is 2. The third-order valence-electron chi connectivity index (χ3n) is 5.92. The van der Waals surface area contributed by atoms with Gasteiger partial charge in [-0.25, -0.2) is 15.6 Å². The van der Waals surface area contributed by atoms with Crippen molar-refractivity contribution in [1.82, 2.24) is 15.4 Å². The molecule has 0 saturated heterocycles. The van der Waals surface area contributed by atoms with Crippen LogP contribution in [0.3, 0.4) is 0 Å². The highest BCUT2D eigenvalue weighted by Crippen LogP contribution is 2.26. The summed E-state index contributed by atoms with van der Waals surface area (Å²) >= 11 is 0. The Morgan fingerprint density at radius 2 is 1.49 bits per heavy atom. The van der Waals surface area contributed by atoms with Gasteiger partial charge in [0, 0.05) is 45.8 Å². The van der Waals surface area contributed by atoms with Crippen molar-refractivity contribution < 1.29 is 19.8 Å². The molecule has 2 aromatic heterocycles. The summed E-state index contributed by atoms with van der Waals surface area (Å²) in [4.78, 5) is 32.3. The van der Waals surface area contributed by atoms with Crippen LogP contribution in [0.2, 0.25) is 0 Å². The van der Waals surface area contributed by atoms with Gasteiger partial charge in [-0.15, -0.1) is 0 Å². The Kier molecular flexibility index (Phi) is 6.86. The molecule has 9 heteroatoms. The molecule has 0 saturated carbocycles. The van der Waals surface area contributed by atoms with Crippen LogP contribution in [-0.4, -0.2) is 32.1 Å². The summed E-state index contributed by atoms with van der Waals surface area (Å²) in [6.07, 6.45) is 3.20. The van der Waals surface area contributed by atoms with E-state index in [0.29, 0.717) is 27.8 Å². The van der Waals surface area contributed by atoms with Crippen molar-refractivity contribution >= 4 is 34.2 Å². The minimum atomic E-state index is -1.20. The van der Waals surface area contributed by atoms with E-state index in [-0.39, 0.29) is 11.3 Å². The highest BCUT2D eigenvalue weighted by molar-refractivity contribution is 6.06. The molecule has 190 valence electrons. The zero-order valence-corrected chi connectivity index (χ0v) is 20.3. The number of rotatable bonds is 5. The number of hydrazine groups is 1. The molecule has 5 aromatic rings. The first-order valence-electron chi connectivity index (χ1n) is 11.7. The molecule has 9 nitrogen and oxygen atoms in total. The molecule has 5 rings (SSSR count). The summed E-state index contributed by atoms with van der Waals surface area (Å²) in [7, 11) is 0. The van der Waals surface area contributed by atoms with Gasteiger partial charge in [-0.1, -0.05) is 24.0 Å². The summed E-state index contributed by atoms with van der Waals surface area (Å²) < 4.78 is 0. The van der Waals surface area contributed by atoms with Crippen LogP contribution in [0, 0.1) is 11.8 Å². The van der Waals surface area contributed by atoms with Crippen molar-refractivity contribution in [2.24, 2.45) is 5.84 Å². The van der Waals surface area contributed by atoms with E-state index in [1.54, 1.807) is 30.6 Å². The number of carboxylic acids is 1. The van der Waals surface area contributed by atoms with E-state index in [1.807, 2.05) is 48.5 Å². The predicted molar refractivity (Wildman–Crippen MR) is 147 cm³/mol. The Balaban J connectivity index is 1.32. The molecule has 0 radical (unpaired) electrons. The second kappa shape index (κ2) is 10.7. The average molecular weight is 516 g/mol. The monoisotopic (exact) mass is 515 g/mol. The first kappa shape index (κ1) is 25.0. The van der Waals surface area contributed by atoms with Gasteiger partial charge in [0.1, 0.15) is 11.3 Å². The average Bonchev–Trinajstić information content (AvgIpc) is 2.97. The summed E-state index contributed by atoms with van der Waals surface area (Å²) in [5.41, 5.74) is 7.34. The molecule has 2 heterocycles. The molecule has 6 N–H and O–H groups in total. The summed E-state index contributed by atoms with van der Waals surface area (Å²) in [5, 5.41) is 22.6. The maximum atomic E-state index is 12.3. The second-order valence-electron chi connectivity index (χ2n) is 8.49. The third-order valence-corrected chi connectivity index (χ3v) is 5.92. The molecule has 0 bridgehead atoms. The fraction of sp³-hybridized carbons (Fsp3) is 0. The second-order valence-corrected chi connectivity index (χ2v) is 8.49. The number of amides is 1. The molecule has 0 atom stereocenters. The Hall–Kier alpha value is -5.72. The standard InChI is InChI=1S/C30H21N5O4/c31-35-29(37)23-16-27(34-26-13-14-32-17-25(23)26)20-7-3-18(4-8-20)1-2-19-5-9-21(10-6-19)33-22-11-12-28(36)24(15-22)30(38)39/h3-17,33,36H,31H2,(H,35,37)(H,38,39). The highest BCUT2D eigenvalue weighted by Gasteiger charge is 2.13. The quantitative estimate of drug-likeness (QED) is 0.0757. The number of hydrogen-bond donors (Lipinski definition) is 5. The van der Waals surface area contributed by atoms with Crippen molar-refractivity contribution in [2.75, 3.05) is 5.32 Å². The fourth-order valence-electron chi connectivity index (χ4n) is 3.94. The molecular formula is C30H21N5O4. The lowest BCUT2D eigenvalue weighted by Gasteiger charge is -2.08. The van der Waals surface area contributed by atoms with E-state index in [1.165, 1.54) is 12.1 Å². The zero-order chi connectivity index (χ0) is 27.4. The number of benzene rings is 3. The van der Waals surface area contributed by atoms with Crippen molar-refractivity contribution in [3.05, 3.63) is 114 Å². The van der Waals surface area contributed by atoms with Gasteiger partial charge < -0.3 is 15.5 Å². The van der Waals surface area contributed by atoms with E-state index in [0.717, 1.165) is 22.4 Å². The topological polar surface area (TPSA) is 150 Å². The van der Waals surface area contributed by atoms with Gasteiger partial charge in [0.05, 0.1) is 16.8 Å². The van der Waals surface area contributed by atoms with Crippen molar-refractivity contribution in [3.8, 4) is 28.8 Å². The maximum absolute atomic E-state index is 12.3. The largest absolute Gasteiger partial charge is 0.507 e. The number of nitrogen functional groups attached to an aromatic ring is 1. The van der Waals surface area contributed by atoms with Gasteiger partial charge in [0.25, 0.3) is 5.91 Å². The highest BCUT2D eigenvalue weighted by atomic mass is 16.4. The zero-order valence-electron chi connectivity index (χ0n) is 20.3. The fourth-order valence-corrected chi connectivity index (χ4v) is 3.94. The number of phenols is 1. The van der Waals surface area contributed by atoms with Crippen molar-refractivity contribution in [3.63, 3.8) is 0 Å². The molecule has 0 fully saturated rings. The van der Waals surface area contributed by atoms with Crippen LogP contribution in [0.1, 0.15) is 31.8 Å². The van der Waals surface area contributed by atoms with Crippen molar-refractivity contribution in [2.45, 2.75) is 0 Å². The number of aromatic nitrogens is 2. The van der Waals surface area contributed by atoms with Gasteiger partial charge >= 0.3 is 5.97 Å². The van der Waals surface area contributed by atoms with E-state index in [4.69, 9.17) is 5.84 Å². The number of carbonyl (C=O) groups excluding carboxylic acids is 1. The first-order chi connectivity index (χ1) is 18.9. The SMILES string of the molecule is NNC(=O)c1cc(-c2ccc(C#Cc3ccc(Nc4ccc(O)c(C(=O)O)c4)cc3)cc2)nc2ccncc12. The minimum absolute atomic E-state index is 0.177. The van der Waals surface area contributed by atoms with Crippen LogP contribution >= 0.6 is 0 Å². The summed E-state index contributed by atoms with van der Waals surface area (Å²) in [5.74, 6) is 9.70. The number of carboxylic acid groups (broad SMARTS) is 1. The van der Waals surface area contributed by atoms with Crippen LogP contribution in [0.15, 0.2) is 91.3 Å². The smallest absolute Gasteiger partial charge is 0.339 e. The number of nitrogens with zero attached hydrogens (tertiary/aromatic N) is 2. The van der Waals surface area contributed by atoms with E-state index >= 15 is 0 Å². The minimum Gasteiger partial charge on any atom is -0.507 e. The Morgan fingerprint density at radius 3 is 2.15 bits per heavy atom. The first-order valence-corrected chi connectivity index (χ1v) is 11.7. The van der Waals surface area contributed by atoms with E-state index < -0.39 is 11.9 Å². The van der Waals surface area contributed by atoms with Gasteiger partial charge in [0.15, 0.2) is 0 Å². The molecule has 0 aliphatic carbocycles. The number of nitrogens with one attached hydrogen (secondary N) is 2. The van der Waals surface area contributed by atoms with Gasteiger partial charge in [0.2, 0.25) is 0 Å². The molecule has 1 amide bonds. The van der Waals surface area contributed by atoms with Crippen LogP contribution in [0.25, 0.3) is 22.2 Å². The molecule has 39 heavy (non-hydrogen) atoms. The number of hydrogen-bond acceptors (Lipinski definition) is 7. The lowest BCUT2D eigenvalue weighted by molar-refractivity contribution is 0.0693. The molecule has 0 unspecified atom stereocenters. The number of fused-ring (bicyclic) bond motifs is 1. The van der Waals surface area contributed by atoms with Gasteiger partial charge in [-0.2, -0.15) is 0 Å². The van der Waals surface area contributed by atoms with Crippen LogP contribution in [0.5, 0.6) is 5.75 Å². The Morgan fingerprint density at radius 1 is 0.821 bits per heavy atom. The normalized spacial score (nSPS) is 10.4. The predicted octanol–water partition coefficient (Wildman–Crippen LogP) is 4.45. The lowest BCUT2D eigenvalue weighted by Crippen LogP contribution is -2.30. The van der Waals surface area contributed by atoms with E-state index in [9.17, 15) is 19.8 Å². The molecular weight excluding hydrogens is 494 g/mol. The van der Waals surface area contributed by atoms with Gasteiger partial charge in [-0.05, 0) is 66.7 Å². The Bertz CT molecular complexity index is 1770. The maximum Gasteiger partial charge on any atom is 0.339 e. The summed E-state index contributed by atoms with van der Waals surface area (Å²) in [6.45, 7) is 0. The van der Waals surface area contributed by atoms with E-state index in [2.05, 4.69) is 32.6 Å². The Labute approximate surface area is 223 Å². The molecule has 0 aliphatic heterocycles. The molecule has 0 spiro atoms. The van der Waals surface area contributed by atoms with Crippen molar-refractivity contribution in [1.29, 1.82) is 0 Å². The third kappa shape index (κ3) is 5.51. The molecule has 3 aromatic carbocycles. The lowest BCUT2D eigenvalue weighted by atomic mass is 10.0. The van der Waals surface area contributed by atoms with Crippen LogP contribution in [-0.2, 0) is 0 Å². The number of aromatic carboxylic acids is 1. The number of aromatic hydroxyl groups is 1.